The van der Waals surface area contributed by atoms with Crippen LogP contribution in [0, 0.1) is 5.82 Å². The fraction of sp³-hybridized carbons (Fsp3) is 0.500. The molecule has 1 aromatic carbocycles. The van der Waals surface area contributed by atoms with Gasteiger partial charge in [0.1, 0.15) is 5.82 Å². The number of nitrogens with two attached hydrogens (primary N) is 1. The highest BCUT2D eigenvalue weighted by Crippen LogP contribution is 2.20. The van der Waals surface area contributed by atoms with Gasteiger partial charge in [-0.2, -0.15) is 0 Å². The molecule has 0 heterocycles. The summed E-state index contributed by atoms with van der Waals surface area (Å²) in [6.45, 7) is 4.08. The number of halogens is 2. The van der Waals surface area contributed by atoms with Crippen LogP contribution >= 0.6 is 11.6 Å². The lowest BCUT2D eigenvalue weighted by Gasteiger charge is -2.24. The molecule has 3 heteroatoms. The Kier molecular flexibility index (Phi) is 4.12. The number of hydrogen-bond donors (Lipinski definition) is 1. The van der Waals surface area contributed by atoms with E-state index in [2.05, 4.69) is 6.92 Å². The van der Waals surface area contributed by atoms with Crippen LogP contribution in [0.5, 0.6) is 0 Å². The van der Waals surface area contributed by atoms with Crippen molar-refractivity contribution in [1.82, 2.24) is 0 Å². The topological polar surface area (TPSA) is 26.0 Å². The van der Waals surface area contributed by atoms with Crippen LogP contribution < -0.4 is 5.73 Å². The lowest BCUT2D eigenvalue weighted by atomic mass is 9.90. The molecular formula is C12H17ClFN. The minimum absolute atomic E-state index is 0.160. The summed E-state index contributed by atoms with van der Waals surface area (Å²) < 4.78 is 13.2. The molecule has 0 saturated heterocycles. The van der Waals surface area contributed by atoms with Crippen LogP contribution in [0.4, 0.5) is 4.39 Å². The standard InChI is InChI=1S/C12H17ClFN/c1-3-6-12(2,15)8-9-4-5-10(13)11(14)7-9/h4-5,7H,3,6,8,15H2,1-2H3. The average Bonchev–Trinajstić information content (AvgIpc) is 2.10. The van der Waals surface area contributed by atoms with E-state index in [1.807, 2.05) is 13.0 Å². The van der Waals surface area contributed by atoms with Crippen molar-refractivity contribution in [3.63, 3.8) is 0 Å². The zero-order chi connectivity index (χ0) is 11.5. The lowest BCUT2D eigenvalue weighted by molar-refractivity contribution is 0.424. The van der Waals surface area contributed by atoms with E-state index in [1.165, 1.54) is 6.07 Å². The molecule has 1 aromatic rings. The molecule has 0 aliphatic heterocycles. The van der Waals surface area contributed by atoms with E-state index in [4.69, 9.17) is 17.3 Å². The number of benzene rings is 1. The highest BCUT2D eigenvalue weighted by Gasteiger charge is 2.18. The van der Waals surface area contributed by atoms with Gasteiger partial charge in [0.2, 0.25) is 0 Å². The largest absolute Gasteiger partial charge is 0.325 e. The van der Waals surface area contributed by atoms with Crippen LogP contribution in [0.3, 0.4) is 0 Å². The monoisotopic (exact) mass is 229 g/mol. The third-order valence-electron chi connectivity index (χ3n) is 2.41. The minimum atomic E-state index is -0.374. The van der Waals surface area contributed by atoms with E-state index in [0.717, 1.165) is 18.4 Å². The molecule has 1 atom stereocenters. The van der Waals surface area contributed by atoms with Gasteiger partial charge in [0.15, 0.2) is 0 Å². The molecule has 1 unspecified atom stereocenters. The second-order valence-electron chi connectivity index (χ2n) is 4.33. The first-order valence-electron chi connectivity index (χ1n) is 5.17. The van der Waals surface area contributed by atoms with E-state index in [9.17, 15) is 4.39 Å². The van der Waals surface area contributed by atoms with Gasteiger partial charge in [-0.3, -0.25) is 0 Å². The maximum atomic E-state index is 13.2. The molecule has 84 valence electrons. The summed E-state index contributed by atoms with van der Waals surface area (Å²) in [6.07, 6.45) is 2.63. The molecule has 1 nitrogen and oxygen atoms in total. The minimum Gasteiger partial charge on any atom is -0.325 e. The van der Waals surface area contributed by atoms with Gasteiger partial charge >= 0.3 is 0 Å². The van der Waals surface area contributed by atoms with Gasteiger partial charge in [-0.1, -0.05) is 31.0 Å². The van der Waals surface area contributed by atoms with Crippen LogP contribution in [0.2, 0.25) is 5.02 Å². The van der Waals surface area contributed by atoms with E-state index in [-0.39, 0.29) is 16.4 Å². The maximum absolute atomic E-state index is 13.2. The Morgan fingerprint density at radius 3 is 2.67 bits per heavy atom. The van der Waals surface area contributed by atoms with Gasteiger partial charge in [-0.25, -0.2) is 4.39 Å². The molecule has 2 N–H and O–H groups in total. The van der Waals surface area contributed by atoms with Crippen LogP contribution in [0.25, 0.3) is 0 Å². The van der Waals surface area contributed by atoms with Crippen molar-refractivity contribution in [2.45, 2.75) is 38.6 Å². The predicted molar refractivity (Wildman–Crippen MR) is 62.6 cm³/mol. The van der Waals surface area contributed by atoms with Crippen LogP contribution in [0.1, 0.15) is 32.3 Å². The third-order valence-corrected chi connectivity index (χ3v) is 2.72. The van der Waals surface area contributed by atoms with Crippen molar-refractivity contribution in [1.29, 1.82) is 0 Å². The molecule has 0 aliphatic rings. The molecule has 0 radical (unpaired) electrons. The molecule has 15 heavy (non-hydrogen) atoms. The molecule has 0 fully saturated rings. The number of hydrogen-bond acceptors (Lipinski definition) is 1. The molecule has 0 amide bonds. The molecule has 1 rings (SSSR count). The second-order valence-corrected chi connectivity index (χ2v) is 4.74. The van der Waals surface area contributed by atoms with Crippen LogP contribution in [-0.2, 0) is 6.42 Å². The first-order valence-corrected chi connectivity index (χ1v) is 5.55. The van der Waals surface area contributed by atoms with Gasteiger partial charge in [0.05, 0.1) is 5.02 Å². The summed E-state index contributed by atoms with van der Waals surface area (Å²) in [5, 5.41) is 0.160. The Labute approximate surface area is 95.4 Å². The summed E-state index contributed by atoms with van der Waals surface area (Å²) in [6, 6.07) is 4.86. The third kappa shape index (κ3) is 3.80. The SMILES string of the molecule is CCCC(C)(N)Cc1ccc(Cl)c(F)c1. The van der Waals surface area contributed by atoms with E-state index in [0.29, 0.717) is 6.42 Å². The van der Waals surface area contributed by atoms with Crippen LogP contribution in [-0.4, -0.2) is 5.54 Å². The molecular weight excluding hydrogens is 213 g/mol. The van der Waals surface area contributed by atoms with Crippen molar-refractivity contribution in [2.75, 3.05) is 0 Å². The summed E-state index contributed by atoms with van der Waals surface area (Å²) in [7, 11) is 0. The van der Waals surface area contributed by atoms with Crippen molar-refractivity contribution < 1.29 is 4.39 Å². The van der Waals surface area contributed by atoms with Crippen molar-refractivity contribution >= 4 is 11.6 Å². The van der Waals surface area contributed by atoms with Crippen molar-refractivity contribution in [3.05, 3.63) is 34.6 Å². The van der Waals surface area contributed by atoms with E-state index in [1.54, 1.807) is 6.07 Å². The Bertz CT molecular complexity index is 336. The lowest BCUT2D eigenvalue weighted by Crippen LogP contribution is -2.38. The van der Waals surface area contributed by atoms with Gasteiger partial charge < -0.3 is 5.73 Å². The fourth-order valence-corrected chi connectivity index (χ4v) is 1.89. The quantitative estimate of drug-likeness (QED) is 0.840. The second kappa shape index (κ2) is 4.95. The van der Waals surface area contributed by atoms with Crippen LogP contribution in [0.15, 0.2) is 18.2 Å². The zero-order valence-corrected chi connectivity index (χ0v) is 9.94. The Balaban J connectivity index is 2.76. The zero-order valence-electron chi connectivity index (χ0n) is 9.19. The summed E-state index contributed by atoms with van der Waals surface area (Å²) in [5.74, 6) is -0.374. The van der Waals surface area contributed by atoms with Crippen molar-refractivity contribution in [2.24, 2.45) is 5.73 Å². The molecule has 0 aromatic heterocycles. The Morgan fingerprint density at radius 1 is 1.47 bits per heavy atom. The first-order chi connectivity index (χ1) is 6.94. The van der Waals surface area contributed by atoms with Gasteiger partial charge in [0, 0.05) is 5.54 Å². The Morgan fingerprint density at radius 2 is 2.13 bits per heavy atom. The first kappa shape index (κ1) is 12.5. The highest BCUT2D eigenvalue weighted by molar-refractivity contribution is 6.30. The van der Waals surface area contributed by atoms with Crippen molar-refractivity contribution in [3.8, 4) is 0 Å². The fourth-order valence-electron chi connectivity index (χ4n) is 1.78. The number of rotatable bonds is 4. The van der Waals surface area contributed by atoms with Gasteiger partial charge in [-0.05, 0) is 37.5 Å². The normalized spacial score (nSPS) is 15.0. The predicted octanol–water partition coefficient (Wildman–Crippen LogP) is 3.54. The van der Waals surface area contributed by atoms with Gasteiger partial charge in [-0.15, -0.1) is 0 Å². The molecule has 0 saturated carbocycles. The maximum Gasteiger partial charge on any atom is 0.142 e. The average molecular weight is 230 g/mol. The van der Waals surface area contributed by atoms with Gasteiger partial charge in [0.25, 0.3) is 0 Å². The summed E-state index contributed by atoms with van der Waals surface area (Å²) >= 11 is 5.61. The Hall–Kier alpha value is -0.600. The summed E-state index contributed by atoms with van der Waals surface area (Å²) in [4.78, 5) is 0. The molecule has 0 bridgehead atoms. The van der Waals surface area contributed by atoms with E-state index >= 15 is 0 Å². The summed E-state index contributed by atoms with van der Waals surface area (Å²) in [5.41, 5.74) is 6.72. The highest BCUT2D eigenvalue weighted by atomic mass is 35.5. The molecule has 0 aliphatic carbocycles. The smallest absolute Gasteiger partial charge is 0.142 e. The van der Waals surface area contributed by atoms with E-state index < -0.39 is 0 Å². The molecule has 0 spiro atoms.